The number of halogens is 2. The van der Waals surface area contributed by atoms with E-state index in [4.69, 9.17) is 16.3 Å². The van der Waals surface area contributed by atoms with Gasteiger partial charge in [-0.3, -0.25) is 4.90 Å². The minimum absolute atomic E-state index is 0.123. The van der Waals surface area contributed by atoms with E-state index in [2.05, 4.69) is 14.9 Å². The highest BCUT2D eigenvalue weighted by molar-refractivity contribution is 6.30. The molecule has 1 aliphatic heterocycles. The Balaban J connectivity index is 1.75. The minimum atomic E-state index is -0.522. The van der Waals surface area contributed by atoms with Crippen molar-refractivity contribution in [3.05, 3.63) is 58.9 Å². The monoisotopic (exact) mass is 448 g/mol. The van der Waals surface area contributed by atoms with Crippen LogP contribution in [0.3, 0.4) is 0 Å². The lowest BCUT2D eigenvalue weighted by atomic mass is 10.0. The summed E-state index contributed by atoms with van der Waals surface area (Å²) in [6.45, 7) is 7.86. The Morgan fingerprint density at radius 2 is 1.97 bits per heavy atom. The van der Waals surface area contributed by atoms with E-state index >= 15 is 0 Å². The largest absolute Gasteiger partial charge is 0.444 e. The molecule has 1 aromatic carbocycles. The number of ether oxygens (including phenoxy) is 1. The summed E-state index contributed by atoms with van der Waals surface area (Å²) in [6.07, 6.45) is 7.29. The Morgan fingerprint density at radius 1 is 1.23 bits per heavy atom. The molecule has 31 heavy (non-hydrogen) atoms. The fourth-order valence-corrected chi connectivity index (χ4v) is 4.00. The van der Waals surface area contributed by atoms with Gasteiger partial charge in [0.15, 0.2) is 0 Å². The third kappa shape index (κ3) is 6.87. The molecule has 6 nitrogen and oxygen atoms in total. The first-order valence-corrected chi connectivity index (χ1v) is 11.0. The zero-order valence-electron chi connectivity index (χ0n) is 18.4. The minimum Gasteiger partial charge on any atom is -0.444 e. The van der Waals surface area contributed by atoms with Crippen molar-refractivity contribution in [1.82, 2.24) is 19.8 Å². The van der Waals surface area contributed by atoms with Gasteiger partial charge >= 0.3 is 6.09 Å². The lowest BCUT2D eigenvalue weighted by molar-refractivity contribution is 0.0252. The summed E-state index contributed by atoms with van der Waals surface area (Å²) >= 11 is 6.00. The average Bonchev–Trinajstić information content (AvgIpc) is 2.97. The lowest BCUT2D eigenvalue weighted by Crippen LogP contribution is -2.39. The van der Waals surface area contributed by atoms with Gasteiger partial charge in [0.1, 0.15) is 17.7 Å². The number of hydrogen-bond donors (Lipinski definition) is 0. The van der Waals surface area contributed by atoms with Crippen molar-refractivity contribution in [1.29, 1.82) is 0 Å². The molecule has 8 heteroatoms. The number of benzene rings is 1. The van der Waals surface area contributed by atoms with Gasteiger partial charge in [-0.25, -0.2) is 19.2 Å². The Bertz CT molecular complexity index is 876. The average molecular weight is 449 g/mol. The number of aromatic nitrogens is 2. The Hall–Kier alpha value is -2.25. The predicted molar refractivity (Wildman–Crippen MR) is 118 cm³/mol. The number of rotatable bonds is 5. The van der Waals surface area contributed by atoms with E-state index in [9.17, 15) is 9.18 Å². The molecule has 0 N–H and O–H groups in total. The maximum atomic E-state index is 14.6. The second-order valence-corrected chi connectivity index (χ2v) is 9.32. The second kappa shape index (κ2) is 10.4. The number of nitrogens with zero attached hydrogens (tertiary/aromatic N) is 4. The molecule has 0 spiro atoms. The molecular weight excluding hydrogens is 419 g/mol. The molecule has 0 bridgehead atoms. The topological polar surface area (TPSA) is 58.6 Å². The van der Waals surface area contributed by atoms with Crippen LogP contribution in [0, 0.1) is 5.82 Å². The van der Waals surface area contributed by atoms with Crippen molar-refractivity contribution < 1.29 is 13.9 Å². The summed E-state index contributed by atoms with van der Waals surface area (Å²) < 4.78 is 20.2. The fourth-order valence-electron chi connectivity index (χ4n) is 3.80. The molecule has 0 aliphatic carbocycles. The Morgan fingerprint density at radius 3 is 2.68 bits per heavy atom. The van der Waals surface area contributed by atoms with Crippen LogP contribution in [0.15, 0.2) is 36.9 Å². The number of carbonyl (C=O) groups excluding carboxylic acids is 1. The molecule has 2 heterocycles. The van der Waals surface area contributed by atoms with Crippen LogP contribution in [0.4, 0.5) is 9.18 Å². The second-order valence-electron chi connectivity index (χ2n) is 8.92. The maximum Gasteiger partial charge on any atom is 0.410 e. The van der Waals surface area contributed by atoms with Crippen LogP contribution in [0.25, 0.3) is 0 Å². The molecule has 1 atom stereocenters. The van der Waals surface area contributed by atoms with Crippen LogP contribution in [0.2, 0.25) is 5.02 Å². The first kappa shape index (κ1) is 23.4. The van der Waals surface area contributed by atoms with Gasteiger partial charge in [-0.1, -0.05) is 23.7 Å². The maximum absolute atomic E-state index is 14.6. The van der Waals surface area contributed by atoms with Gasteiger partial charge in [0.05, 0.1) is 5.02 Å². The molecule has 0 saturated carbocycles. The lowest BCUT2D eigenvalue weighted by Gasteiger charge is -2.31. The van der Waals surface area contributed by atoms with Gasteiger partial charge in [-0.15, -0.1) is 0 Å². The number of carbonyl (C=O) groups is 1. The van der Waals surface area contributed by atoms with Crippen LogP contribution in [0.5, 0.6) is 0 Å². The first-order valence-electron chi connectivity index (χ1n) is 10.6. The highest BCUT2D eigenvalue weighted by Crippen LogP contribution is 2.25. The third-order valence-corrected chi connectivity index (χ3v) is 5.56. The predicted octanol–water partition coefficient (Wildman–Crippen LogP) is 5.06. The zero-order valence-corrected chi connectivity index (χ0v) is 19.1. The molecule has 0 radical (unpaired) electrons. The number of likely N-dealkylation sites (tertiary alicyclic amines) is 1. The van der Waals surface area contributed by atoms with E-state index in [0.717, 1.165) is 24.8 Å². The van der Waals surface area contributed by atoms with Crippen molar-refractivity contribution in [3.8, 4) is 0 Å². The van der Waals surface area contributed by atoms with Gasteiger partial charge in [0.2, 0.25) is 0 Å². The number of hydrogen-bond acceptors (Lipinski definition) is 5. The van der Waals surface area contributed by atoms with Crippen molar-refractivity contribution in [2.75, 3.05) is 13.1 Å². The molecule has 1 aliphatic rings. The van der Waals surface area contributed by atoms with Crippen molar-refractivity contribution in [3.63, 3.8) is 0 Å². The molecular formula is C23H30ClFN4O2. The normalized spacial score (nSPS) is 17.5. The van der Waals surface area contributed by atoms with E-state index < -0.39 is 5.60 Å². The van der Waals surface area contributed by atoms with Gasteiger partial charge in [-0.2, -0.15) is 0 Å². The standard InChI is InChI=1S/C23H30ClFN4O2/c1-23(2,3)31-22(30)28-10-5-7-19(9-11-28)29(14-17-12-26-16-27-13-17)15-18-6-4-8-20(24)21(18)25/h4,6,8,12-13,16,19H,5,7,9-11,14-15H2,1-3H3/t19-/m1/s1. The molecule has 168 valence electrons. The highest BCUT2D eigenvalue weighted by atomic mass is 35.5. The fraction of sp³-hybridized carbons (Fsp3) is 0.522. The summed E-state index contributed by atoms with van der Waals surface area (Å²) in [5, 5.41) is 0.123. The van der Waals surface area contributed by atoms with Crippen molar-refractivity contribution >= 4 is 17.7 Å². The third-order valence-electron chi connectivity index (χ3n) is 5.27. The smallest absolute Gasteiger partial charge is 0.410 e. The summed E-state index contributed by atoms with van der Waals surface area (Å²) in [7, 11) is 0. The van der Waals surface area contributed by atoms with Crippen LogP contribution >= 0.6 is 11.6 Å². The van der Waals surface area contributed by atoms with Gasteiger partial charge in [0.25, 0.3) is 0 Å². The molecule has 1 amide bonds. The first-order chi connectivity index (χ1) is 14.7. The Labute approximate surface area is 188 Å². The van der Waals surface area contributed by atoms with Crippen molar-refractivity contribution in [2.45, 2.75) is 64.8 Å². The summed E-state index contributed by atoms with van der Waals surface area (Å²) in [4.78, 5) is 24.7. The highest BCUT2D eigenvalue weighted by Gasteiger charge is 2.28. The van der Waals surface area contributed by atoms with Crippen LogP contribution < -0.4 is 0 Å². The van der Waals surface area contributed by atoms with E-state index in [-0.39, 0.29) is 23.0 Å². The summed E-state index contributed by atoms with van der Waals surface area (Å²) in [6, 6.07) is 5.26. The van der Waals surface area contributed by atoms with E-state index in [1.54, 1.807) is 35.5 Å². The van der Waals surface area contributed by atoms with Crippen LogP contribution in [-0.2, 0) is 17.8 Å². The van der Waals surface area contributed by atoms with E-state index in [1.165, 1.54) is 6.33 Å². The van der Waals surface area contributed by atoms with Gasteiger partial charge < -0.3 is 9.64 Å². The molecule has 1 saturated heterocycles. The summed E-state index contributed by atoms with van der Waals surface area (Å²) in [5.41, 5.74) is 0.988. The zero-order chi connectivity index (χ0) is 22.4. The van der Waals surface area contributed by atoms with Gasteiger partial charge in [0, 0.05) is 55.7 Å². The van der Waals surface area contributed by atoms with Crippen molar-refractivity contribution in [2.24, 2.45) is 0 Å². The van der Waals surface area contributed by atoms with Gasteiger partial charge in [-0.05, 0) is 46.1 Å². The molecule has 2 aromatic rings. The van der Waals surface area contributed by atoms with E-state index in [1.807, 2.05) is 20.8 Å². The summed E-state index contributed by atoms with van der Waals surface area (Å²) in [5.74, 6) is -0.387. The van der Waals surface area contributed by atoms with Crippen LogP contribution in [0.1, 0.15) is 51.2 Å². The quantitative estimate of drug-likeness (QED) is 0.639. The molecule has 1 fully saturated rings. The molecule has 1 aromatic heterocycles. The molecule has 3 rings (SSSR count). The number of amides is 1. The Kier molecular flexibility index (Phi) is 7.84. The van der Waals surface area contributed by atoms with E-state index in [0.29, 0.717) is 31.7 Å². The van der Waals surface area contributed by atoms with Crippen LogP contribution in [-0.4, -0.2) is 50.6 Å². The molecule has 0 unspecified atom stereocenters. The SMILES string of the molecule is CC(C)(C)OC(=O)N1CCC[C@@H](N(Cc2cncnc2)Cc2cccc(Cl)c2F)CC1.